The van der Waals surface area contributed by atoms with Crippen molar-refractivity contribution in [2.75, 3.05) is 5.88 Å². The molecule has 0 spiro atoms. The fourth-order valence-electron chi connectivity index (χ4n) is 6.34. The van der Waals surface area contributed by atoms with Gasteiger partial charge in [-0.15, -0.1) is 11.6 Å². The molecule has 2 nitrogen and oxygen atoms in total. The Morgan fingerprint density at radius 2 is 2.04 bits per heavy atom. The molecule has 4 heteroatoms. The van der Waals surface area contributed by atoms with Crippen LogP contribution in [-0.2, 0) is 4.79 Å². The maximum Gasteiger partial charge on any atom is 0.155 e. The summed E-state index contributed by atoms with van der Waals surface area (Å²) >= 11 is 12.6. The Hall–Kier alpha value is -0.310. The lowest BCUT2D eigenvalue weighted by Crippen LogP contribution is -2.60. The molecule has 4 aliphatic carbocycles. The normalized spacial score (nSPS) is 47.9. The third-order valence-corrected chi connectivity index (χ3v) is 8.63. The Labute approximate surface area is 154 Å². The molecule has 0 aromatic heterocycles. The average Bonchev–Trinajstić information content (AvgIpc) is 2.58. The number of carbonyl (C=O) groups is 1. The average molecular weight is 369 g/mol. The van der Waals surface area contributed by atoms with Gasteiger partial charge < -0.3 is 5.11 Å². The van der Waals surface area contributed by atoms with E-state index in [0.29, 0.717) is 40.9 Å². The Bertz CT molecular complexity index is 625. The van der Waals surface area contributed by atoms with Gasteiger partial charge in [0.25, 0.3) is 0 Å². The molecule has 0 amide bonds. The Balaban J connectivity index is 1.68. The zero-order valence-corrected chi connectivity index (χ0v) is 15.7. The molecule has 132 valence electrons. The van der Waals surface area contributed by atoms with Crippen molar-refractivity contribution >= 4 is 29.0 Å². The number of halogens is 2. The number of fused-ring (bicyclic) bond motifs is 5. The first-order valence-corrected chi connectivity index (χ1v) is 10.2. The van der Waals surface area contributed by atoms with E-state index in [1.165, 1.54) is 5.57 Å². The second kappa shape index (κ2) is 5.86. The number of allylic oxidation sites excluding steroid dienone is 3. The van der Waals surface area contributed by atoms with Crippen molar-refractivity contribution in [2.45, 2.75) is 57.5 Å². The van der Waals surface area contributed by atoms with Crippen LogP contribution in [0.5, 0.6) is 0 Å². The van der Waals surface area contributed by atoms with Crippen LogP contribution in [0.4, 0.5) is 0 Å². The lowest BCUT2D eigenvalue weighted by molar-refractivity contribution is -0.131. The van der Waals surface area contributed by atoms with E-state index in [1.54, 1.807) is 0 Å². The zero-order valence-electron chi connectivity index (χ0n) is 14.2. The summed E-state index contributed by atoms with van der Waals surface area (Å²) in [5.74, 6) is 2.74. The second-order valence-corrected chi connectivity index (χ2v) is 9.22. The van der Waals surface area contributed by atoms with Crippen molar-refractivity contribution in [1.82, 2.24) is 0 Å². The molecule has 2 fully saturated rings. The predicted octanol–water partition coefficient (Wildman–Crippen LogP) is 4.83. The van der Waals surface area contributed by atoms with Gasteiger partial charge >= 0.3 is 0 Å². The summed E-state index contributed by atoms with van der Waals surface area (Å²) in [6.45, 7) is 2.20. The summed E-state index contributed by atoms with van der Waals surface area (Å²) in [5.41, 5.74) is 0.0592. The van der Waals surface area contributed by atoms with Crippen molar-refractivity contribution in [3.63, 3.8) is 0 Å². The molecule has 6 atom stereocenters. The van der Waals surface area contributed by atoms with E-state index in [2.05, 4.69) is 6.92 Å². The molecule has 0 heterocycles. The van der Waals surface area contributed by atoms with Crippen LogP contribution in [0.15, 0.2) is 22.8 Å². The summed E-state index contributed by atoms with van der Waals surface area (Å²) in [4.78, 5) is 11.8. The van der Waals surface area contributed by atoms with Gasteiger partial charge in [-0.3, -0.25) is 4.79 Å². The fourth-order valence-corrected chi connectivity index (χ4v) is 7.23. The standard InChI is InChI=1S/C20H26Cl2O2/c1-19-9-8-15-14-5-3-13(23)10-12(14)2-4-16(15)17(19)6-7-18(22)20(19,24)11-21/h7,10,14-17,24H,2-6,8-9,11H2,1H3/t14-,15+,16+,17-,19-,20?/m0/s1. The van der Waals surface area contributed by atoms with Gasteiger partial charge in [0.15, 0.2) is 5.78 Å². The molecular weight excluding hydrogens is 343 g/mol. The highest BCUT2D eigenvalue weighted by atomic mass is 35.5. The predicted molar refractivity (Wildman–Crippen MR) is 97.1 cm³/mol. The molecule has 1 unspecified atom stereocenters. The van der Waals surface area contributed by atoms with Gasteiger partial charge in [0.1, 0.15) is 5.60 Å². The van der Waals surface area contributed by atoms with Crippen molar-refractivity contribution in [2.24, 2.45) is 29.1 Å². The molecule has 2 saturated carbocycles. The number of carbonyl (C=O) groups excluding carboxylic acids is 1. The molecular formula is C20H26Cl2O2. The quantitative estimate of drug-likeness (QED) is 0.672. The number of hydrogen-bond donors (Lipinski definition) is 1. The fraction of sp³-hybridized carbons (Fsp3) is 0.750. The van der Waals surface area contributed by atoms with Gasteiger partial charge in [-0.25, -0.2) is 0 Å². The van der Waals surface area contributed by atoms with Gasteiger partial charge in [0.2, 0.25) is 0 Å². The second-order valence-electron chi connectivity index (χ2n) is 8.54. The Morgan fingerprint density at radius 1 is 1.25 bits per heavy atom. The molecule has 0 radical (unpaired) electrons. The first-order chi connectivity index (χ1) is 11.4. The minimum Gasteiger partial charge on any atom is -0.382 e. The smallest absolute Gasteiger partial charge is 0.155 e. The molecule has 4 rings (SSSR count). The van der Waals surface area contributed by atoms with Gasteiger partial charge in [0, 0.05) is 16.9 Å². The van der Waals surface area contributed by atoms with E-state index in [1.807, 2.05) is 12.2 Å². The summed E-state index contributed by atoms with van der Waals surface area (Å²) in [7, 11) is 0. The molecule has 0 bridgehead atoms. The topological polar surface area (TPSA) is 37.3 Å². The molecule has 0 aliphatic heterocycles. The van der Waals surface area contributed by atoms with E-state index in [4.69, 9.17) is 23.2 Å². The molecule has 0 aromatic rings. The van der Waals surface area contributed by atoms with Gasteiger partial charge in [-0.2, -0.15) is 0 Å². The van der Waals surface area contributed by atoms with Crippen LogP contribution < -0.4 is 0 Å². The molecule has 4 aliphatic rings. The van der Waals surface area contributed by atoms with Crippen LogP contribution in [0.2, 0.25) is 0 Å². The van der Waals surface area contributed by atoms with E-state index >= 15 is 0 Å². The van der Waals surface area contributed by atoms with E-state index in [9.17, 15) is 9.90 Å². The number of alkyl halides is 1. The maximum atomic E-state index is 11.8. The Kier molecular flexibility index (Phi) is 4.18. The van der Waals surface area contributed by atoms with Gasteiger partial charge in [-0.1, -0.05) is 30.2 Å². The maximum absolute atomic E-state index is 11.8. The lowest BCUT2D eigenvalue weighted by atomic mass is 9.46. The van der Waals surface area contributed by atoms with Crippen LogP contribution in [0.1, 0.15) is 51.9 Å². The van der Waals surface area contributed by atoms with Crippen molar-refractivity contribution in [3.8, 4) is 0 Å². The summed E-state index contributed by atoms with van der Waals surface area (Å²) in [6.07, 6.45) is 10.9. The van der Waals surface area contributed by atoms with Crippen LogP contribution in [0.3, 0.4) is 0 Å². The summed E-state index contributed by atoms with van der Waals surface area (Å²) in [5, 5.41) is 11.8. The first kappa shape index (κ1) is 17.1. The van der Waals surface area contributed by atoms with Crippen LogP contribution in [0, 0.1) is 29.1 Å². The van der Waals surface area contributed by atoms with E-state index in [-0.39, 0.29) is 11.3 Å². The highest BCUT2D eigenvalue weighted by molar-refractivity contribution is 6.32. The van der Waals surface area contributed by atoms with Crippen molar-refractivity contribution in [3.05, 3.63) is 22.8 Å². The Morgan fingerprint density at radius 3 is 2.79 bits per heavy atom. The monoisotopic (exact) mass is 368 g/mol. The van der Waals surface area contributed by atoms with Gasteiger partial charge in [-0.05, 0) is 68.3 Å². The van der Waals surface area contributed by atoms with Gasteiger partial charge in [0.05, 0.1) is 5.88 Å². The largest absolute Gasteiger partial charge is 0.382 e. The minimum atomic E-state index is -1.09. The number of hydrogen-bond acceptors (Lipinski definition) is 2. The highest BCUT2D eigenvalue weighted by Gasteiger charge is 2.60. The molecule has 24 heavy (non-hydrogen) atoms. The van der Waals surface area contributed by atoms with Crippen molar-refractivity contribution < 1.29 is 9.90 Å². The zero-order chi connectivity index (χ0) is 17.1. The third-order valence-electron chi connectivity index (χ3n) is 7.77. The number of rotatable bonds is 1. The SMILES string of the molecule is C[C@]12CC[C@H]3[C@@H](CCC4=CC(=O)CC[C@@H]43)[C@@H]1CC=C(Cl)C2(O)CCl. The number of ketones is 1. The first-order valence-electron chi connectivity index (χ1n) is 9.28. The molecule has 1 N–H and O–H groups in total. The summed E-state index contributed by atoms with van der Waals surface area (Å²) < 4.78 is 0. The van der Waals surface area contributed by atoms with Crippen LogP contribution >= 0.6 is 23.2 Å². The lowest BCUT2D eigenvalue weighted by Gasteiger charge is -2.60. The van der Waals surface area contributed by atoms with E-state index in [0.717, 1.165) is 38.5 Å². The third kappa shape index (κ3) is 2.22. The van der Waals surface area contributed by atoms with Crippen LogP contribution in [0.25, 0.3) is 0 Å². The highest BCUT2D eigenvalue weighted by Crippen LogP contribution is 2.63. The van der Waals surface area contributed by atoms with E-state index < -0.39 is 5.60 Å². The molecule has 0 saturated heterocycles. The summed E-state index contributed by atoms with van der Waals surface area (Å²) in [6, 6.07) is 0. The van der Waals surface area contributed by atoms with Crippen molar-refractivity contribution in [1.29, 1.82) is 0 Å². The number of aliphatic hydroxyl groups is 1. The molecule has 0 aromatic carbocycles. The van der Waals surface area contributed by atoms with Crippen LogP contribution in [-0.4, -0.2) is 22.4 Å². The minimum absolute atomic E-state index is 0.163.